The normalized spacial score (nSPS) is 10.3. The number of thiophene rings is 1. The van der Waals surface area contributed by atoms with Gasteiger partial charge < -0.3 is 5.32 Å². The number of carbonyl (C=O) groups excluding carboxylic acids is 1. The summed E-state index contributed by atoms with van der Waals surface area (Å²) in [6, 6.07) is 11.6. The van der Waals surface area contributed by atoms with E-state index in [1.54, 1.807) is 11.3 Å². The Kier molecular flexibility index (Phi) is 4.55. The fourth-order valence-electron chi connectivity index (χ4n) is 1.58. The molecular formula is C14H14BrNOS. The highest BCUT2D eigenvalue weighted by Gasteiger charge is 2.05. The molecule has 2 aromatic rings. The Hall–Kier alpha value is -1.13. The summed E-state index contributed by atoms with van der Waals surface area (Å²) in [6.45, 7) is 2.73. The van der Waals surface area contributed by atoms with Crippen LogP contribution in [0.25, 0.3) is 0 Å². The SMILES string of the molecule is CCc1ccc(CNC(=O)c2ccc(Br)cc2)s1. The van der Waals surface area contributed by atoms with Crippen molar-refractivity contribution in [2.24, 2.45) is 0 Å². The van der Waals surface area contributed by atoms with Crippen LogP contribution in [0.15, 0.2) is 40.9 Å². The Balaban J connectivity index is 1.93. The molecule has 1 aromatic heterocycles. The molecule has 18 heavy (non-hydrogen) atoms. The molecule has 0 unspecified atom stereocenters. The highest BCUT2D eigenvalue weighted by atomic mass is 79.9. The quantitative estimate of drug-likeness (QED) is 0.905. The molecule has 0 aliphatic heterocycles. The van der Waals surface area contributed by atoms with E-state index in [1.807, 2.05) is 24.3 Å². The third-order valence-corrected chi connectivity index (χ3v) is 4.35. The van der Waals surface area contributed by atoms with Crippen molar-refractivity contribution in [1.82, 2.24) is 5.32 Å². The van der Waals surface area contributed by atoms with Gasteiger partial charge in [-0.2, -0.15) is 0 Å². The maximum Gasteiger partial charge on any atom is 0.251 e. The molecule has 94 valence electrons. The van der Waals surface area contributed by atoms with Gasteiger partial charge in [0.1, 0.15) is 0 Å². The summed E-state index contributed by atoms with van der Waals surface area (Å²) in [5.74, 6) is -0.0334. The first-order valence-corrected chi connectivity index (χ1v) is 7.41. The minimum absolute atomic E-state index is 0.0334. The molecule has 0 atom stereocenters. The first-order chi connectivity index (χ1) is 8.69. The molecular weight excluding hydrogens is 310 g/mol. The predicted molar refractivity (Wildman–Crippen MR) is 79.0 cm³/mol. The zero-order valence-electron chi connectivity index (χ0n) is 10.1. The fraction of sp³-hybridized carbons (Fsp3) is 0.214. The summed E-state index contributed by atoms with van der Waals surface area (Å²) in [5.41, 5.74) is 0.686. The molecule has 0 saturated carbocycles. The summed E-state index contributed by atoms with van der Waals surface area (Å²) in [7, 11) is 0. The lowest BCUT2D eigenvalue weighted by Gasteiger charge is -2.03. The monoisotopic (exact) mass is 323 g/mol. The molecule has 2 rings (SSSR count). The van der Waals surface area contributed by atoms with Crippen LogP contribution in [-0.2, 0) is 13.0 Å². The molecule has 1 aromatic carbocycles. The van der Waals surface area contributed by atoms with Gasteiger partial charge in [-0.3, -0.25) is 4.79 Å². The molecule has 0 aliphatic rings. The van der Waals surface area contributed by atoms with E-state index in [9.17, 15) is 4.79 Å². The van der Waals surface area contributed by atoms with Crippen LogP contribution in [0.3, 0.4) is 0 Å². The standard InChI is InChI=1S/C14H14BrNOS/c1-2-12-7-8-13(18-12)9-16-14(17)10-3-5-11(15)6-4-10/h3-8H,2,9H2,1H3,(H,16,17). The minimum Gasteiger partial charge on any atom is -0.347 e. The highest BCUT2D eigenvalue weighted by Crippen LogP contribution is 2.17. The molecule has 1 heterocycles. The van der Waals surface area contributed by atoms with Crippen molar-refractivity contribution in [1.29, 1.82) is 0 Å². The van der Waals surface area contributed by atoms with E-state index in [4.69, 9.17) is 0 Å². The molecule has 0 bridgehead atoms. The predicted octanol–water partition coefficient (Wildman–Crippen LogP) is 4.00. The number of amides is 1. The Morgan fingerprint density at radius 2 is 1.83 bits per heavy atom. The topological polar surface area (TPSA) is 29.1 Å². The maximum atomic E-state index is 11.9. The van der Waals surface area contributed by atoms with E-state index >= 15 is 0 Å². The van der Waals surface area contributed by atoms with E-state index in [0.29, 0.717) is 12.1 Å². The minimum atomic E-state index is -0.0334. The number of rotatable bonds is 4. The van der Waals surface area contributed by atoms with Crippen molar-refractivity contribution in [2.75, 3.05) is 0 Å². The molecule has 0 fully saturated rings. The Morgan fingerprint density at radius 3 is 2.44 bits per heavy atom. The maximum absolute atomic E-state index is 11.9. The Morgan fingerprint density at radius 1 is 1.17 bits per heavy atom. The smallest absolute Gasteiger partial charge is 0.251 e. The average Bonchev–Trinajstić information content (AvgIpc) is 2.85. The Bertz CT molecular complexity index is 533. The van der Waals surface area contributed by atoms with Gasteiger partial charge in [0.2, 0.25) is 0 Å². The Labute approximate surface area is 119 Å². The van der Waals surface area contributed by atoms with E-state index < -0.39 is 0 Å². The largest absolute Gasteiger partial charge is 0.347 e. The van der Waals surface area contributed by atoms with Gasteiger partial charge in [0.05, 0.1) is 6.54 Å². The molecule has 0 saturated heterocycles. The van der Waals surface area contributed by atoms with Gasteiger partial charge in [-0.25, -0.2) is 0 Å². The van der Waals surface area contributed by atoms with Gasteiger partial charge in [0, 0.05) is 19.8 Å². The molecule has 0 aliphatic carbocycles. The highest BCUT2D eigenvalue weighted by molar-refractivity contribution is 9.10. The van der Waals surface area contributed by atoms with Crippen LogP contribution in [-0.4, -0.2) is 5.91 Å². The summed E-state index contributed by atoms with van der Waals surface area (Å²) in [5, 5.41) is 2.93. The van der Waals surface area contributed by atoms with Crippen LogP contribution in [0.5, 0.6) is 0 Å². The number of halogens is 1. The van der Waals surface area contributed by atoms with Crippen LogP contribution in [0, 0.1) is 0 Å². The lowest BCUT2D eigenvalue weighted by atomic mass is 10.2. The second kappa shape index (κ2) is 6.16. The van der Waals surface area contributed by atoms with Crippen molar-refractivity contribution in [3.63, 3.8) is 0 Å². The van der Waals surface area contributed by atoms with Crippen molar-refractivity contribution in [2.45, 2.75) is 19.9 Å². The average molecular weight is 324 g/mol. The van der Waals surface area contributed by atoms with Gasteiger partial charge in [0.15, 0.2) is 0 Å². The third-order valence-electron chi connectivity index (χ3n) is 2.60. The van der Waals surface area contributed by atoms with E-state index in [1.165, 1.54) is 9.75 Å². The van der Waals surface area contributed by atoms with Gasteiger partial charge in [-0.05, 0) is 42.8 Å². The zero-order valence-corrected chi connectivity index (χ0v) is 12.5. The van der Waals surface area contributed by atoms with Gasteiger partial charge in [-0.15, -0.1) is 11.3 Å². The number of hydrogen-bond donors (Lipinski definition) is 1. The van der Waals surface area contributed by atoms with Crippen LogP contribution >= 0.6 is 27.3 Å². The zero-order chi connectivity index (χ0) is 13.0. The van der Waals surface area contributed by atoms with Gasteiger partial charge in [0.25, 0.3) is 5.91 Å². The van der Waals surface area contributed by atoms with Crippen LogP contribution in [0.2, 0.25) is 0 Å². The first kappa shape index (κ1) is 13.3. The molecule has 4 heteroatoms. The summed E-state index contributed by atoms with van der Waals surface area (Å²) in [4.78, 5) is 14.4. The molecule has 2 nitrogen and oxygen atoms in total. The fourth-order valence-corrected chi connectivity index (χ4v) is 2.74. The van der Waals surface area contributed by atoms with Crippen LogP contribution < -0.4 is 5.32 Å². The van der Waals surface area contributed by atoms with Gasteiger partial charge in [-0.1, -0.05) is 22.9 Å². The number of benzene rings is 1. The lowest BCUT2D eigenvalue weighted by molar-refractivity contribution is 0.0951. The number of aryl methyl sites for hydroxylation is 1. The number of hydrogen-bond acceptors (Lipinski definition) is 2. The molecule has 1 N–H and O–H groups in total. The summed E-state index contributed by atoms with van der Waals surface area (Å²) >= 11 is 5.10. The van der Waals surface area contributed by atoms with Crippen molar-refractivity contribution in [3.05, 3.63) is 56.2 Å². The van der Waals surface area contributed by atoms with Gasteiger partial charge >= 0.3 is 0 Å². The van der Waals surface area contributed by atoms with Crippen molar-refractivity contribution in [3.8, 4) is 0 Å². The second-order valence-corrected chi connectivity index (χ2v) is 6.08. The van der Waals surface area contributed by atoms with Crippen LogP contribution in [0.1, 0.15) is 27.0 Å². The molecule has 0 radical (unpaired) electrons. The third kappa shape index (κ3) is 3.43. The number of nitrogens with one attached hydrogen (secondary N) is 1. The van der Waals surface area contributed by atoms with E-state index in [0.717, 1.165) is 10.9 Å². The molecule has 0 spiro atoms. The van der Waals surface area contributed by atoms with Crippen molar-refractivity contribution >= 4 is 33.2 Å². The summed E-state index contributed by atoms with van der Waals surface area (Å²) in [6.07, 6.45) is 1.05. The second-order valence-electron chi connectivity index (χ2n) is 3.91. The van der Waals surface area contributed by atoms with E-state index in [2.05, 4.69) is 40.3 Å². The lowest BCUT2D eigenvalue weighted by Crippen LogP contribution is -2.22. The first-order valence-electron chi connectivity index (χ1n) is 5.80. The van der Waals surface area contributed by atoms with Crippen LogP contribution in [0.4, 0.5) is 0 Å². The number of carbonyl (C=O) groups is 1. The van der Waals surface area contributed by atoms with Crippen molar-refractivity contribution < 1.29 is 4.79 Å². The summed E-state index contributed by atoms with van der Waals surface area (Å²) < 4.78 is 0.977. The molecule has 1 amide bonds. The van der Waals surface area contributed by atoms with E-state index in [-0.39, 0.29) is 5.91 Å².